The second kappa shape index (κ2) is 5.92. The molecule has 2 aromatic rings. The number of benzene rings is 1. The third-order valence-corrected chi connectivity index (χ3v) is 3.31. The van der Waals surface area contributed by atoms with Gasteiger partial charge in [0.2, 0.25) is 0 Å². The Hall–Kier alpha value is -0.990. The van der Waals surface area contributed by atoms with Crippen LogP contribution in [0.1, 0.15) is 15.3 Å². The Morgan fingerprint density at radius 2 is 1.69 bits per heavy atom. The number of aryl methyl sites for hydroxylation is 2. The quantitative estimate of drug-likeness (QED) is 0.859. The highest BCUT2D eigenvalue weighted by Crippen LogP contribution is 2.17. The minimum Gasteiger partial charge on any atom is -1.00 e. The number of anilines is 1. The van der Waals surface area contributed by atoms with E-state index in [9.17, 15) is 0 Å². The fourth-order valence-corrected chi connectivity index (χ4v) is 2.27. The first-order valence-electron chi connectivity index (χ1n) is 5.10. The topological polar surface area (TPSA) is 12.0 Å². The van der Waals surface area contributed by atoms with E-state index >= 15 is 0 Å². The summed E-state index contributed by atoms with van der Waals surface area (Å²) < 4.78 is 0. The van der Waals surface area contributed by atoms with E-state index in [0.29, 0.717) is 0 Å². The number of rotatable bonds is 3. The lowest BCUT2D eigenvalue weighted by Crippen LogP contribution is -3.00. The molecule has 1 aromatic carbocycles. The Bertz CT molecular complexity index is 433. The first-order chi connectivity index (χ1) is 7.24. The average molecular weight is 253 g/mol. The lowest BCUT2D eigenvalue weighted by molar-refractivity contribution is -0.00000307. The van der Waals surface area contributed by atoms with E-state index in [1.54, 1.807) is 0 Å². The van der Waals surface area contributed by atoms with Gasteiger partial charge in [0, 0.05) is 22.0 Å². The zero-order chi connectivity index (χ0) is 10.7. The monoisotopic (exact) mass is 252 g/mol. The Morgan fingerprint density at radius 3 is 2.25 bits per heavy atom. The van der Waals surface area contributed by atoms with E-state index in [0.717, 1.165) is 6.54 Å². The predicted octanol–water partition coefficient (Wildman–Crippen LogP) is 0.981. The molecule has 0 aliphatic carbocycles. The average Bonchev–Trinajstić information content (AvgIpc) is 2.64. The molecule has 0 atom stereocenters. The minimum atomic E-state index is 0. The summed E-state index contributed by atoms with van der Waals surface area (Å²) in [6.07, 6.45) is 0. The molecule has 0 amide bonds. The van der Waals surface area contributed by atoms with Gasteiger partial charge in [0.1, 0.15) is 0 Å². The number of nitrogens with one attached hydrogen (secondary N) is 1. The van der Waals surface area contributed by atoms with Crippen LogP contribution in [0.3, 0.4) is 0 Å². The molecule has 0 fully saturated rings. The van der Waals surface area contributed by atoms with E-state index < -0.39 is 0 Å². The van der Waals surface area contributed by atoms with Gasteiger partial charge >= 0.3 is 0 Å². The molecule has 0 bridgehead atoms. The number of hydrogen-bond acceptors (Lipinski definition) is 2. The summed E-state index contributed by atoms with van der Waals surface area (Å²) in [4.78, 5) is 2.75. The molecule has 16 heavy (non-hydrogen) atoms. The van der Waals surface area contributed by atoms with Gasteiger partial charge in [0.25, 0.3) is 0 Å². The van der Waals surface area contributed by atoms with Crippen molar-refractivity contribution in [3.63, 3.8) is 0 Å². The minimum absolute atomic E-state index is 0. The van der Waals surface area contributed by atoms with Crippen molar-refractivity contribution < 1.29 is 12.4 Å². The lowest BCUT2D eigenvalue weighted by atomic mass is 10.2. The molecular weight excluding hydrogens is 238 g/mol. The molecule has 0 radical (unpaired) electrons. The molecule has 1 N–H and O–H groups in total. The Morgan fingerprint density at radius 1 is 1.00 bits per heavy atom. The van der Waals surface area contributed by atoms with Crippen LogP contribution in [0.5, 0.6) is 0 Å². The van der Waals surface area contributed by atoms with Crippen LogP contribution in [0.15, 0.2) is 36.4 Å². The van der Waals surface area contributed by atoms with Crippen LogP contribution in [-0.4, -0.2) is 0 Å². The van der Waals surface area contributed by atoms with Crippen molar-refractivity contribution in [2.75, 3.05) is 5.32 Å². The Balaban J connectivity index is 0.00000128. The largest absolute Gasteiger partial charge is 1.00 e. The van der Waals surface area contributed by atoms with Gasteiger partial charge in [0.15, 0.2) is 0 Å². The van der Waals surface area contributed by atoms with Gasteiger partial charge in [-0.1, -0.05) is 17.7 Å². The first kappa shape index (κ1) is 13.1. The zero-order valence-electron chi connectivity index (χ0n) is 9.46. The molecule has 0 saturated heterocycles. The molecular formula is C13H15ClNS-. The summed E-state index contributed by atoms with van der Waals surface area (Å²) in [7, 11) is 0. The molecule has 1 nitrogen and oxygen atoms in total. The van der Waals surface area contributed by atoms with Gasteiger partial charge in [-0.05, 0) is 38.1 Å². The molecule has 0 aliphatic heterocycles. The van der Waals surface area contributed by atoms with Crippen molar-refractivity contribution in [3.05, 3.63) is 51.7 Å². The van der Waals surface area contributed by atoms with Crippen LogP contribution in [-0.2, 0) is 6.54 Å². The molecule has 1 aromatic heterocycles. The molecule has 0 spiro atoms. The number of hydrogen-bond donors (Lipinski definition) is 1. The van der Waals surface area contributed by atoms with Gasteiger partial charge < -0.3 is 17.7 Å². The van der Waals surface area contributed by atoms with Gasteiger partial charge in [0.05, 0.1) is 0 Å². The normalized spacial score (nSPS) is 9.62. The van der Waals surface area contributed by atoms with Gasteiger partial charge in [-0.25, -0.2) is 0 Å². The first-order valence-corrected chi connectivity index (χ1v) is 5.91. The van der Waals surface area contributed by atoms with Crippen LogP contribution in [0.4, 0.5) is 5.69 Å². The maximum Gasteiger partial charge on any atom is 0.0494 e. The summed E-state index contributed by atoms with van der Waals surface area (Å²) in [6, 6.07) is 12.8. The Kier molecular flexibility index (Phi) is 4.84. The van der Waals surface area contributed by atoms with Crippen molar-refractivity contribution in [2.45, 2.75) is 20.4 Å². The van der Waals surface area contributed by atoms with E-state index in [-0.39, 0.29) is 12.4 Å². The zero-order valence-corrected chi connectivity index (χ0v) is 11.0. The van der Waals surface area contributed by atoms with Gasteiger partial charge in [-0.3, -0.25) is 0 Å². The summed E-state index contributed by atoms with van der Waals surface area (Å²) in [6.45, 7) is 5.16. The molecule has 2 rings (SSSR count). The summed E-state index contributed by atoms with van der Waals surface area (Å²) in [5.74, 6) is 0. The molecule has 86 valence electrons. The van der Waals surface area contributed by atoms with Gasteiger partial charge in [-0.2, -0.15) is 0 Å². The van der Waals surface area contributed by atoms with Crippen molar-refractivity contribution >= 4 is 17.0 Å². The lowest BCUT2D eigenvalue weighted by Gasteiger charge is -2.04. The van der Waals surface area contributed by atoms with E-state index in [1.165, 1.54) is 21.0 Å². The Labute approximate surface area is 107 Å². The molecule has 3 heteroatoms. The van der Waals surface area contributed by atoms with E-state index in [4.69, 9.17) is 0 Å². The summed E-state index contributed by atoms with van der Waals surface area (Å²) >= 11 is 1.85. The van der Waals surface area contributed by atoms with Crippen molar-refractivity contribution in [1.29, 1.82) is 0 Å². The maximum atomic E-state index is 3.41. The van der Waals surface area contributed by atoms with E-state index in [1.807, 2.05) is 11.3 Å². The molecule has 1 heterocycles. The fraction of sp³-hybridized carbons (Fsp3) is 0.231. The molecule has 0 saturated carbocycles. The van der Waals surface area contributed by atoms with Crippen LogP contribution in [0, 0.1) is 13.8 Å². The van der Waals surface area contributed by atoms with Crippen molar-refractivity contribution in [3.8, 4) is 0 Å². The second-order valence-corrected chi connectivity index (χ2v) is 5.10. The molecule has 0 aliphatic rings. The molecule has 0 unspecified atom stereocenters. The van der Waals surface area contributed by atoms with Crippen LogP contribution in [0.25, 0.3) is 0 Å². The SMILES string of the molecule is Cc1ccc(NCc2ccc(C)s2)cc1.[Cl-]. The smallest absolute Gasteiger partial charge is 0.0494 e. The fourth-order valence-electron chi connectivity index (χ4n) is 1.44. The highest BCUT2D eigenvalue weighted by Gasteiger charge is 1.96. The second-order valence-electron chi connectivity index (χ2n) is 3.73. The van der Waals surface area contributed by atoms with Crippen LogP contribution in [0.2, 0.25) is 0 Å². The maximum absolute atomic E-state index is 3.41. The van der Waals surface area contributed by atoms with Crippen LogP contribution >= 0.6 is 11.3 Å². The number of thiophene rings is 1. The highest BCUT2D eigenvalue weighted by molar-refractivity contribution is 7.11. The van der Waals surface area contributed by atoms with Gasteiger partial charge in [-0.15, -0.1) is 11.3 Å². The number of halogens is 1. The summed E-state index contributed by atoms with van der Waals surface area (Å²) in [5, 5.41) is 3.41. The van der Waals surface area contributed by atoms with Crippen molar-refractivity contribution in [1.82, 2.24) is 0 Å². The summed E-state index contributed by atoms with van der Waals surface area (Å²) in [5.41, 5.74) is 2.49. The van der Waals surface area contributed by atoms with E-state index in [2.05, 4.69) is 55.6 Å². The highest BCUT2D eigenvalue weighted by atomic mass is 35.5. The van der Waals surface area contributed by atoms with Crippen LogP contribution < -0.4 is 17.7 Å². The predicted molar refractivity (Wildman–Crippen MR) is 67.6 cm³/mol. The third kappa shape index (κ3) is 3.54. The standard InChI is InChI=1S/C13H15NS.ClH/c1-10-3-6-12(7-4-10)14-9-13-8-5-11(2)15-13;/h3-8,14H,9H2,1-2H3;1H/p-1. The third-order valence-electron chi connectivity index (χ3n) is 2.31. The van der Waals surface area contributed by atoms with Crippen molar-refractivity contribution in [2.24, 2.45) is 0 Å².